The Kier molecular flexibility index (Phi) is 4.92. The molecule has 0 saturated carbocycles. The molecule has 4 heteroatoms. The van der Waals surface area contributed by atoms with E-state index in [0.29, 0.717) is 18.3 Å². The monoisotopic (exact) mass is 221 g/mol. The summed E-state index contributed by atoms with van der Waals surface area (Å²) in [6, 6.07) is 5.87. The molecule has 1 aromatic rings. The molecule has 2 N–H and O–H groups in total. The third kappa shape index (κ3) is 4.40. The van der Waals surface area contributed by atoms with Crippen LogP contribution in [-0.2, 0) is 0 Å². The number of hydrogen-bond donors (Lipinski definition) is 2. The Labute approximate surface area is 96.5 Å². The first-order chi connectivity index (χ1) is 7.59. The number of aromatic nitrogens is 1. The molecule has 0 aliphatic heterocycles. The molecule has 16 heavy (non-hydrogen) atoms. The number of carbonyl (C=O) groups is 1. The van der Waals surface area contributed by atoms with Gasteiger partial charge >= 0.3 is 0 Å². The number of nitrogens with one attached hydrogen (secondary N) is 2. The van der Waals surface area contributed by atoms with E-state index >= 15 is 0 Å². The van der Waals surface area contributed by atoms with Crippen molar-refractivity contribution in [2.24, 2.45) is 0 Å². The zero-order valence-electron chi connectivity index (χ0n) is 10.1. The van der Waals surface area contributed by atoms with Crippen LogP contribution in [0.2, 0.25) is 0 Å². The maximum Gasteiger partial charge on any atom is 0.269 e. The van der Waals surface area contributed by atoms with Gasteiger partial charge in [-0.15, -0.1) is 0 Å². The van der Waals surface area contributed by atoms with Crippen molar-refractivity contribution >= 4 is 5.91 Å². The minimum atomic E-state index is -0.116. The molecule has 0 fully saturated rings. The maximum absolute atomic E-state index is 11.6. The second-order valence-electron chi connectivity index (χ2n) is 4.03. The molecule has 0 saturated heterocycles. The molecular weight excluding hydrogens is 202 g/mol. The Morgan fingerprint density at radius 2 is 2.12 bits per heavy atom. The van der Waals surface area contributed by atoms with Crippen molar-refractivity contribution in [1.29, 1.82) is 0 Å². The van der Waals surface area contributed by atoms with E-state index in [1.807, 2.05) is 19.1 Å². The standard InChI is InChI=1S/C12H19N3O/c1-9(2)13-7-8-14-12(16)11-6-4-5-10(3)15-11/h4-6,9,13H,7-8H2,1-3H3,(H,14,16). The Hall–Kier alpha value is -1.42. The quantitative estimate of drug-likeness (QED) is 0.733. The molecule has 0 atom stereocenters. The normalized spacial score (nSPS) is 10.5. The van der Waals surface area contributed by atoms with E-state index in [1.165, 1.54) is 0 Å². The van der Waals surface area contributed by atoms with Crippen molar-refractivity contribution in [1.82, 2.24) is 15.6 Å². The molecule has 0 bridgehead atoms. The Morgan fingerprint density at radius 1 is 1.38 bits per heavy atom. The van der Waals surface area contributed by atoms with Crippen LogP contribution in [-0.4, -0.2) is 30.0 Å². The van der Waals surface area contributed by atoms with Crippen molar-refractivity contribution in [3.63, 3.8) is 0 Å². The van der Waals surface area contributed by atoms with Gasteiger partial charge in [0, 0.05) is 24.8 Å². The van der Waals surface area contributed by atoms with E-state index < -0.39 is 0 Å². The van der Waals surface area contributed by atoms with Gasteiger partial charge in [-0.3, -0.25) is 4.79 Å². The summed E-state index contributed by atoms with van der Waals surface area (Å²) in [5, 5.41) is 6.05. The van der Waals surface area contributed by atoms with Crippen LogP contribution in [0.25, 0.3) is 0 Å². The lowest BCUT2D eigenvalue weighted by molar-refractivity contribution is 0.0948. The third-order valence-electron chi connectivity index (χ3n) is 2.08. The number of carbonyl (C=O) groups excluding carboxylic acids is 1. The summed E-state index contributed by atoms with van der Waals surface area (Å²) in [5.41, 5.74) is 1.33. The SMILES string of the molecule is Cc1cccc(C(=O)NCCNC(C)C)n1. The van der Waals surface area contributed by atoms with E-state index in [-0.39, 0.29) is 5.91 Å². The van der Waals surface area contributed by atoms with Crippen LogP contribution in [0.15, 0.2) is 18.2 Å². The molecule has 4 nitrogen and oxygen atoms in total. The van der Waals surface area contributed by atoms with Crippen molar-refractivity contribution in [2.45, 2.75) is 26.8 Å². The minimum Gasteiger partial charge on any atom is -0.349 e. The van der Waals surface area contributed by atoms with Crippen LogP contribution in [0.1, 0.15) is 30.0 Å². The van der Waals surface area contributed by atoms with Gasteiger partial charge in [-0.1, -0.05) is 19.9 Å². The van der Waals surface area contributed by atoms with E-state index in [1.54, 1.807) is 6.07 Å². The number of hydrogen-bond acceptors (Lipinski definition) is 3. The van der Waals surface area contributed by atoms with E-state index in [2.05, 4.69) is 29.5 Å². The molecule has 0 aliphatic rings. The fourth-order valence-corrected chi connectivity index (χ4v) is 1.30. The smallest absolute Gasteiger partial charge is 0.269 e. The lowest BCUT2D eigenvalue weighted by Crippen LogP contribution is -2.34. The molecule has 1 rings (SSSR count). The van der Waals surface area contributed by atoms with Gasteiger partial charge in [0.1, 0.15) is 5.69 Å². The molecule has 0 aromatic carbocycles. The van der Waals surface area contributed by atoms with Crippen molar-refractivity contribution in [3.05, 3.63) is 29.6 Å². The van der Waals surface area contributed by atoms with Gasteiger partial charge in [0.15, 0.2) is 0 Å². The zero-order valence-corrected chi connectivity index (χ0v) is 10.1. The third-order valence-corrected chi connectivity index (χ3v) is 2.08. The van der Waals surface area contributed by atoms with Crippen LogP contribution >= 0.6 is 0 Å². The number of aryl methyl sites for hydroxylation is 1. The van der Waals surface area contributed by atoms with Crippen LogP contribution in [0.5, 0.6) is 0 Å². The van der Waals surface area contributed by atoms with Crippen molar-refractivity contribution in [3.8, 4) is 0 Å². The first kappa shape index (κ1) is 12.6. The van der Waals surface area contributed by atoms with Gasteiger partial charge in [0.2, 0.25) is 0 Å². The van der Waals surface area contributed by atoms with Gasteiger partial charge in [-0.05, 0) is 19.1 Å². The van der Waals surface area contributed by atoms with Gasteiger partial charge in [-0.2, -0.15) is 0 Å². The fraction of sp³-hybridized carbons (Fsp3) is 0.500. The highest BCUT2D eigenvalue weighted by Gasteiger charge is 2.05. The van der Waals surface area contributed by atoms with E-state index in [4.69, 9.17) is 0 Å². The number of nitrogens with zero attached hydrogens (tertiary/aromatic N) is 1. The van der Waals surface area contributed by atoms with Crippen molar-refractivity contribution in [2.75, 3.05) is 13.1 Å². The highest BCUT2D eigenvalue weighted by Crippen LogP contribution is 1.97. The van der Waals surface area contributed by atoms with Crippen LogP contribution < -0.4 is 10.6 Å². The Morgan fingerprint density at radius 3 is 2.75 bits per heavy atom. The second kappa shape index (κ2) is 6.23. The molecule has 0 aliphatic carbocycles. The second-order valence-corrected chi connectivity index (χ2v) is 4.03. The summed E-state index contributed by atoms with van der Waals surface area (Å²) in [5.74, 6) is -0.116. The maximum atomic E-state index is 11.6. The summed E-state index contributed by atoms with van der Waals surface area (Å²) in [4.78, 5) is 15.8. The summed E-state index contributed by atoms with van der Waals surface area (Å²) in [6.45, 7) is 7.41. The fourth-order valence-electron chi connectivity index (χ4n) is 1.30. The molecule has 0 unspecified atom stereocenters. The van der Waals surface area contributed by atoms with Crippen LogP contribution in [0, 0.1) is 6.92 Å². The minimum absolute atomic E-state index is 0.116. The largest absolute Gasteiger partial charge is 0.349 e. The molecular formula is C12H19N3O. The zero-order chi connectivity index (χ0) is 12.0. The van der Waals surface area contributed by atoms with Crippen molar-refractivity contribution < 1.29 is 4.79 Å². The Balaban J connectivity index is 2.35. The summed E-state index contributed by atoms with van der Waals surface area (Å²) in [7, 11) is 0. The topological polar surface area (TPSA) is 54.0 Å². The molecule has 1 amide bonds. The Bertz CT molecular complexity index is 350. The summed E-state index contributed by atoms with van der Waals surface area (Å²) < 4.78 is 0. The molecule has 0 radical (unpaired) electrons. The van der Waals surface area contributed by atoms with Gasteiger partial charge < -0.3 is 10.6 Å². The summed E-state index contributed by atoms with van der Waals surface area (Å²) in [6.07, 6.45) is 0. The van der Waals surface area contributed by atoms with Crippen LogP contribution in [0.4, 0.5) is 0 Å². The lowest BCUT2D eigenvalue weighted by atomic mass is 10.3. The predicted molar refractivity (Wildman–Crippen MR) is 64.4 cm³/mol. The molecule has 0 spiro atoms. The summed E-state index contributed by atoms with van der Waals surface area (Å²) >= 11 is 0. The van der Waals surface area contributed by atoms with E-state index in [9.17, 15) is 4.79 Å². The molecule has 1 heterocycles. The van der Waals surface area contributed by atoms with Crippen LogP contribution in [0.3, 0.4) is 0 Å². The molecule has 88 valence electrons. The number of rotatable bonds is 5. The lowest BCUT2D eigenvalue weighted by Gasteiger charge is -2.08. The number of amides is 1. The highest BCUT2D eigenvalue weighted by atomic mass is 16.1. The van der Waals surface area contributed by atoms with Gasteiger partial charge in [-0.25, -0.2) is 4.98 Å². The predicted octanol–water partition coefficient (Wildman–Crippen LogP) is 1.12. The molecule has 1 aromatic heterocycles. The number of pyridine rings is 1. The van der Waals surface area contributed by atoms with E-state index in [0.717, 1.165) is 12.2 Å². The first-order valence-electron chi connectivity index (χ1n) is 5.55. The van der Waals surface area contributed by atoms with Gasteiger partial charge in [0.05, 0.1) is 0 Å². The van der Waals surface area contributed by atoms with Gasteiger partial charge in [0.25, 0.3) is 5.91 Å². The average Bonchev–Trinajstić information content (AvgIpc) is 2.24. The average molecular weight is 221 g/mol. The highest BCUT2D eigenvalue weighted by molar-refractivity contribution is 5.92. The first-order valence-corrected chi connectivity index (χ1v) is 5.55.